The molecule has 0 aliphatic carbocycles. The number of benzene rings is 3. The molecule has 0 radical (unpaired) electrons. The number of nitrogens with zero attached hydrogens (tertiary/aromatic N) is 4. The third-order valence-electron chi connectivity index (χ3n) is 10.1. The molecule has 0 spiro atoms. The van der Waals surface area contributed by atoms with Gasteiger partial charge in [0.05, 0.1) is 11.4 Å². The van der Waals surface area contributed by atoms with Gasteiger partial charge in [-0.05, 0) is 38.0 Å². The average molecular weight is 782 g/mol. The van der Waals surface area contributed by atoms with Crippen LogP contribution in [0.1, 0.15) is 120 Å². The number of hydrogen-bond acceptors (Lipinski definition) is 10. The second-order valence-corrected chi connectivity index (χ2v) is 14.4. The largest absolute Gasteiger partial charge is 0.493 e. The summed E-state index contributed by atoms with van der Waals surface area (Å²) in [5.74, 6) is 0.541. The second kappa shape index (κ2) is 23.7. The minimum absolute atomic E-state index is 0.0226. The van der Waals surface area contributed by atoms with E-state index in [4.69, 9.17) is 18.9 Å². The van der Waals surface area contributed by atoms with Crippen LogP contribution in [0.3, 0.4) is 0 Å². The molecule has 12 heteroatoms. The van der Waals surface area contributed by atoms with Crippen molar-refractivity contribution in [3.63, 3.8) is 0 Å². The van der Waals surface area contributed by atoms with Crippen LogP contribution in [0.4, 0.5) is 17.1 Å². The first-order chi connectivity index (χ1) is 27.7. The summed E-state index contributed by atoms with van der Waals surface area (Å²) in [5, 5.41) is 32.5. The maximum Gasteiger partial charge on any atom is 0.281 e. The van der Waals surface area contributed by atoms with Gasteiger partial charge in [0.25, 0.3) is 5.56 Å². The third kappa shape index (κ3) is 13.4. The molecule has 0 bridgehead atoms. The monoisotopic (exact) mass is 781 g/mol. The van der Waals surface area contributed by atoms with Crippen molar-refractivity contribution in [2.45, 2.75) is 124 Å². The fourth-order valence-corrected chi connectivity index (χ4v) is 6.50. The Labute approximate surface area is 336 Å². The maximum absolute atomic E-state index is 13.3. The number of hydrogen-bond donors (Lipinski definition) is 2. The van der Waals surface area contributed by atoms with Gasteiger partial charge in [-0.25, -0.2) is 0 Å². The minimum Gasteiger partial charge on any atom is -0.493 e. The molecule has 3 aromatic carbocycles. The smallest absolute Gasteiger partial charge is 0.281 e. The summed E-state index contributed by atoms with van der Waals surface area (Å²) >= 11 is 0. The predicted octanol–water partition coefficient (Wildman–Crippen LogP) is 11.2. The molecule has 1 aromatic heterocycles. The second-order valence-electron chi connectivity index (χ2n) is 14.4. The lowest BCUT2D eigenvalue weighted by molar-refractivity contribution is -0.149. The Balaban J connectivity index is 1.40. The van der Waals surface area contributed by atoms with E-state index in [9.17, 15) is 20.0 Å². The van der Waals surface area contributed by atoms with E-state index in [0.29, 0.717) is 29.3 Å². The first-order valence-electron chi connectivity index (χ1n) is 20.3. The summed E-state index contributed by atoms with van der Waals surface area (Å²) in [6.45, 7) is 5.71. The number of carbonyl (C=O) groups is 1. The summed E-state index contributed by atoms with van der Waals surface area (Å²) in [6.07, 6.45) is 16.1. The minimum atomic E-state index is -0.561. The number of aromatic hydroxyl groups is 1. The summed E-state index contributed by atoms with van der Waals surface area (Å²) < 4.78 is 24.3. The maximum atomic E-state index is 13.3. The number of nitriles is 1. The van der Waals surface area contributed by atoms with E-state index in [1.807, 2.05) is 42.5 Å². The van der Waals surface area contributed by atoms with Crippen LogP contribution in [0.15, 0.2) is 69.6 Å². The Morgan fingerprint density at radius 1 is 0.895 bits per heavy atom. The van der Waals surface area contributed by atoms with Crippen molar-refractivity contribution >= 4 is 33.7 Å². The number of amides is 1. The predicted molar refractivity (Wildman–Crippen MR) is 224 cm³/mol. The summed E-state index contributed by atoms with van der Waals surface area (Å²) in [5.41, 5.74) is 1.45. The number of pyridine rings is 1. The van der Waals surface area contributed by atoms with Gasteiger partial charge in [-0.15, -0.1) is 5.11 Å². The molecule has 4 aromatic rings. The van der Waals surface area contributed by atoms with Gasteiger partial charge >= 0.3 is 0 Å². The molecule has 57 heavy (non-hydrogen) atoms. The van der Waals surface area contributed by atoms with Crippen LogP contribution in [0, 0.1) is 18.3 Å². The highest BCUT2D eigenvalue weighted by Gasteiger charge is 2.19. The quantitative estimate of drug-likeness (QED) is 0.0382. The van der Waals surface area contributed by atoms with Crippen molar-refractivity contribution in [2.24, 2.45) is 17.3 Å². The zero-order chi connectivity index (χ0) is 41.0. The number of rotatable bonds is 25. The number of nitrogens with one attached hydrogen (secondary N) is 1. The number of ether oxygens (including phenoxy) is 4. The standard InChI is InChI=1S/C45H59N5O7/c1-6-7-8-9-10-11-12-13-14-15-16-17-18-23-41(51)47-39-28-40(36-21-19-20-22-37(36)43(39)57-31-56-33(3)54-5)55-30-34-24-26-35(27-25-34)48-49-42-32(2)38(29-46)44(52)50(4)45(42)53/h19-22,24-28,33,52H,6-18,23,30-31H2,1-5H3,(H,47,51). The topological polar surface area (TPSA) is 157 Å². The summed E-state index contributed by atoms with van der Waals surface area (Å²) in [7, 11) is 2.92. The van der Waals surface area contributed by atoms with Crippen molar-refractivity contribution in [2.75, 3.05) is 19.2 Å². The fraction of sp³-hybridized carbons (Fsp3) is 0.489. The van der Waals surface area contributed by atoms with Gasteiger partial charge in [0.1, 0.15) is 24.0 Å². The van der Waals surface area contributed by atoms with Crippen molar-refractivity contribution in [1.82, 2.24) is 4.57 Å². The number of azo groups is 1. The van der Waals surface area contributed by atoms with Gasteiger partial charge in [-0.1, -0.05) is 120 Å². The number of aromatic nitrogens is 1. The first kappa shape index (κ1) is 44.5. The van der Waals surface area contributed by atoms with Crippen LogP contribution >= 0.6 is 0 Å². The Kier molecular flexibility index (Phi) is 18.5. The molecule has 306 valence electrons. The molecular weight excluding hydrogens is 723 g/mol. The Bertz CT molecular complexity index is 2020. The number of carbonyl (C=O) groups excluding carboxylic acids is 1. The van der Waals surface area contributed by atoms with Gasteiger partial charge in [-0.2, -0.15) is 10.4 Å². The van der Waals surface area contributed by atoms with E-state index in [2.05, 4.69) is 22.5 Å². The van der Waals surface area contributed by atoms with Gasteiger partial charge in [0, 0.05) is 43.0 Å². The molecule has 4 rings (SSSR count). The number of fused-ring (bicyclic) bond motifs is 1. The van der Waals surface area contributed by atoms with Crippen molar-refractivity contribution < 1.29 is 28.8 Å². The fourth-order valence-electron chi connectivity index (χ4n) is 6.50. The summed E-state index contributed by atoms with van der Waals surface area (Å²) in [4.78, 5) is 26.0. The van der Waals surface area contributed by atoms with E-state index >= 15 is 0 Å². The molecule has 0 saturated heterocycles. The lowest BCUT2D eigenvalue weighted by atomic mass is 10.0. The molecule has 2 N–H and O–H groups in total. The number of methoxy groups -OCH3 is 1. The molecular formula is C45H59N5O7. The lowest BCUT2D eigenvalue weighted by Crippen LogP contribution is -2.18. The summed E-state index contributed by atoms with van der Waals surface area (Å²) in [6, 6.07) is 18.5. The molecule has 0 saturated carbocycles. The highest BCUT2D eigenvalue weighted by Crippen LogP contribution is 2.41. The number of anilines is 1. The number of unbranched alkanes of at least 4 members (excludes halogenated alkanes) is 12. The van der Waals surface area contributed by atoms with Crippen LogP contribution in [-0.2, 0) is 27.9 Å². The van der Waals surface area contributed by atoms with Crippen LogP contribution in [0.2, 0.25) is 0 Å². The zero-order valence-electron chi connectivity index (χ0n) is 34.3. The molecule has 0 fully saturated rings. The van der Waals surface area contributed by atoms with E-state index in [1.54, 1.807) is 39.2 Å². The van der Waals surface area contributed by atoms with E-state index in [-0.39, 0.29) is 36.1 Å². The molecule has 1 atom stereocenters. The van der Waals surface area contributed by atoms with Gasteiger partial charge in [0.15, 0.2) is 24.5 Å². The molecule has 0 aliphatic heterocycles. The van der Waals surface area contributed by atoms with Crippen molar-refractivity contribution in [3.05, 3.63) is 81.6 Å². The Morgan fingerprint density at radius 2 is 1.51 bits per heavy atom. The van der Waals surface area contributed by atoms with Crippen LogP contribution in [0.25, 0.3) is 10.8 Å². The van der Waals surface area contributed by atoms with E-state index in [0.717, 1.165) is 40.2 Å². The van der Waals surface area contributed by atoms with Gasteiger partial charge < -0.3 is 29.4 Å². The van der Waals surface area contributed by atoms with Gasteiger partial charge in [-0.3, -0.25) is 14.2 Å². The molecule has 0 aliphatic rings. The first-order valence-corrected chi connectivity index (χ1v) is 20.3. The van der Waals surface area contributed by atoms with Crippen molar-refractivity contribution in [1.29, 1.82) is 5.26 Å². The van der Waals surface area contributed by atoms with Crippen LogP contribution < -0.4 is 20.3 Å². The SMILES string of the molecule is CCCCCCCCCCCCCCCC(=O)Nc1cc(OCc2ccc(N=Nc3c(C)c(C#N)c(O)n(C)c3=O)cc2)c2ccccc2c1OCOC(C)OC. The molecule has 1 unspecified atom stereocenters. The van der Waals surface area contributed by atoms with Crippen LogP contribution in [-0.4, -0.2) is 35.8 Å². The van der Waals surface area contributed by atoms with E-state index < -0.39 is 17.7 Å². The highest BCUT2D eigenvalue weighted by molar-refractivity contribution is 6.02. The zero-order valence-corrected chi connectivity index (χ0v) is 34.3. The normalized spacial score (nSPS) is 11.9. The van der Waals surface area contributed by atoms with Crippen LogP contribution in [0.5, 0.6) is 17.4 Å². The Hall–Kier alpha value is -5.25. The highest BCUT2D eigenvalue weighted by atomic mass is 16.7. The third-order valence-corrected chi connectivity index (χ3v) is 10.1. The molecule has 12 nitrogen and oxygen atoms in total. The lowest BCUT2D eigenvalue weighted by Gasteiger charge is -2.19. The van der Waals surface area contributed by atoms with Crippen molar-refractivity contribution in [3.8, 4) is 23.4 Å². The molecule has 1 amide bonds. The Morgan fingerprint density at radius 3 is 2.12 bits per heavy atom. The molecule has 1 heterocycles. The van der Waals surface area contributed by atoms with E-state index in [1.165, 1.54) is 71.3 Å². The van der Waals surface area contributed by atoms with Gasteiger partial charge in [0.2, 0.25) is 11.8 Å². The average Bonchev–Trinajstić information content (AvgIpc) is 3.22.